The molecule has 0 fully saturated rings. The van der Waals surface area contributed by atoms with Gasteiger partial charge < -0.3 is 20.4 Å². The highest BCUT2D eigenvalue weighted by Crippen LogP contribution is 2.32. The Balaban J connectivity index is 1.48. The van der Waals surface area contributed by atoms with E-state index in [1.54, 1.807) is 18.3 Å². The topological polar surface area (TPSA) is 116 Å². The van der Waals surface area contributed by atoms with Crippen LogP contribution in [0.15, 0.2) is 96.2 Å². The van der Waals surface area contributed by atoms with Crippen molar-refractivity contribution in [2.24, 2.45) is 11.0 Å². The number of aromatic nitrogens is 1. The number of para-hydroxylation sites is 1. The first-order chi connectivity index (χ1) is 19.4. The largest absolute Gasteiger partial charge is 0.445 e. The number of amides is 3. The van der Waals surface area contributed by atoms with Gasteiger partial charge in [-0.15, -0.1) is 0 Å². The third-order valence-corrected chi connectivity index (χ3v) is 6.64. The molecule has 3 amide bonds. The summed E-state index contributed by atoms with van der Waals surface area (Å²) in [6, 6.07) is 23.9. The number of nitrogens with zero attached hydrogens (tertiary/aromatic N) is 2. The number of hydrazone groups is 1. The summed E-state index contributed by atoms with van der Waals surface area (Å²) in [5.74, 6) is -0.595. The molecule has 2 atom stereocenters. The molecule has 204 valence electrons. The van der Waals surface area contributed by atoms with Crippen molar-refractivity contribution >= 4 is 34.6 Å². The maximum atomic E-state index is 14.2. The van der Waals surface area contributed by atoms with Crippen molar-refractivity contribution in [2.45, 2.75) is 39.0 Å². The van der Waals surface area contributed by atoms with E-state index in [9.17, 15) is 14.4 Å². The Hall–Kier alpha value is -4.92. The van der Waals surface area contributed by atoms with Gasteiger partial charge in [0.05, 0.1) is 0 Å². The van der Waals surface area contributed by atoms with E-state index in [1.165, 1.54) is 5.01 Å². The van der Waals surface area contributed by atoms with Crippen LogP contribution in [-0.2, 0) is 20.9 Å². The summed E-state index contributed by atoms with van der Waals surface area (Å²) in [7, 11) is 0. The van der Waals surface area contributed by atoms with Crippen molar-refractivity contribution in [1.29, 1.82) is 0 Å². The van der Waals surface area contributed by atoms with Crippen molar-refractivity contribution < 1.29 is 19.1 Å². The number of hydrogen-bond donors (Lipinski definition) is 3. The van der Waals surface area contributed by atoms with E-state index in [2.05, 4.69) is 20.7 Å². The Labute approximate surface area is 232 Å². The second kappa shape index (κ2) is 11.9. The first-order valence-electron chi connectivity index (χ1n) is 13.2. The van der Waals surface area contributed by atoms with Gasteiger partial charge in [0, 0.05) is 28.2 Å². The van der Waals surface area contributed by atoms with Crippen LogP contribution < -0.4 is 10.6 Å². The van der Waals surface area contributed by atoms with Crippen molar-refractivity contribution in [1.82, 2.24) is 20.6 Å². The van der Waals surface area contributed by atoms with Gasteiger partial charge in [0.2, 0.25) is 0 Å². The van der Waals surface area contributed by atoms with Crippen LogP contribution in [0.5, 0.6) is 0 Å². The second-order valence-corrected chi connectivity index (χ2v) is 10.1. The van der Waals surface area contributed by atoms with Crippen LogP contribution >= 0.6 is 0 Å². The fourth-order valence-corrected chi connectivity index (χ4v) is 4.74. The van der Waals surface area contributed by atoms with E-state index in [4.69, 9.17) is 4.74 Å². The lowest BCUT2D eigenvalue weighted by Gasteiger charge is -2.34. The molecule has 1 aliphatic heterocycles. The van der Waals surface area contributed by atoms with Crippen LogP contribution in [-0.4, -0.2) is 39.8 Å². The van der Waals surface area contributed by atoms with Crippen LogP contribution in [0.25, 0.3) is 10.9 Å². The highest BCUT2D eigenvalue weighted by atomic mass is 16.5. The van der Waals surface area contributed by atoms with E-state index in [0.29, 0.717) is 17.5 Å². The quantitative estimate of drug-likeness (QED) is 0.297. The third kappa shape index (κ3) is 5.88. The number of alkyl carbamates (subject to hydrolysis) is 1. The fraction of sp³-hybridized carbons (Fsp3) is 0.226. The minimum atomic E-state index is -1.05. The van der Waals surface area contributed by atoms with Gasteiger partial charge in [-0.2, -0.15) is 5.10 Å². The number of hydrogen-bond acceptors (Lipinski definition) is 5. The van der Waals surface area contributed by atoms with Crippen molar-refractivity contribution in [3.05, 3.63) is 108 Å². The highest BCUT2D eigenvalue weighted by Gasteiger charge is 2.41. The second-order valence-electron chi connectivity index (χ2n) is 10.1. The molecule has 2 heterocycles. The number of amidine groups is 1. The molecule has 3 N–H and O–H groups in total. The molecular weight excluding hydrogens is 506 g/mol. The summed E-state index contributed by atoms with van der Waals surface area (Å²) >= 11 is 0. The number of ether oxygens (including phenoxy) is 1. The van der Waals surface area contributed by atoms with Crippen molar-refractivity contribution in [3.63, 3.8) is 0 Å². The summed E-state index contributed by atoms with van der Waals surface area (Å²) in [5.41, 5.74) is 2.92. The number of rotatable bonds is 8. The van der Waals surface area contributed by atoms with E-state index >= 15 is 0 Å². The van der Waals surface area contributed by atoms with E-state index in [1.807, 2.05) is 86.6 Å². The number of carbonyl (C=O) groups excluding carboxylic acids is 3. The molecule has 0 unspecified atom stereocenters. The lowest BCUT2D eigenvalue weighted by Crippen LogP contribution is -2.55. The Morgan fingerprint density at radius 1 is 0.975 bits per heavy atom. The van der Waals surface area contributed by atoms with Gasteiger partial charge in [0.15, 0.2) is 11.9 Å². The van der Waals surface area contributed by atoms with Crippen LogP contribution in [0.1, 0.15) is 43.0 Å². The lowest BCUT2D eigenvalue weighted by molar-refractivity contribution is -0.143. The molecule has 3 aromatic carbocycles. The normalized spacial score (nSPS) is 15.9. The summed E-state index contributed by atoms with van der Waals surface area (Å²) < 4.78 is 5.41. The zero-order valence-electron chi connectivity index (χ0n) is 22.3. The maximum Gasteiger partial charge on any atom is 0.408 e. The number of aromatic amines is 1. The minimum Gasteiger partial charge on any atom is -0.445 e. The average Bonchev–Trinajstić information content (AvgIpc) is 3.39. The highest BCUT2D eigenvalue weighted by molar-refractivity contribution is 6.12. The number of fused-ring (bicyclic) bond motifs is 1. The van der Waals surface area contributed by atoms with Gasteiger partial charge >= 0.3 is 6.09 Å². The van der Waals surface area contributed by atoms with Gasteiger partial charge in [-0.3, -0.25) is 9.59 Å². The molecule has 40 heavy (non-hydrogen) atoms. The molecule has 0 saturated carbocycles. The number of carbonyl (C=O) groups is 3. The minimum absolute atomic E-state index is 0.0612. The number of nitrogens with one attached hydrogen (secondary N) is 3. The molecular formula is C31H31N5O4. The van der Waals surface area contributed by atoms with Crippen LogP contribution in [0.2, 0.25) is 0 Å². The SMILES string of the molecule is CC(C)C[C@H](NC(=O)OCc1ccccc1)C(=O)N1N=C(c2ccccc2)NC(=O)[C@@H]1c1c[nH]c2ccccc12. The summed E-state index contributed by atoms with van der Waals surface area (Å²) in [6.07, 6.45) is 1.33. The van der Waals surface area contributed by atoms with Crippen molar-refractivity contribution in [2.75, 3.05) is 0 Å². The van der Waals surface area contributed by atoms with Gasteiger partial charge in [-0.25, -0.2) is 9.80 Å². The third-order valence-electron chi connectivity index (χ3n) is 6.64. The van der Waals surface area contributed by atoms with Crippen LogP contribution in [0.4, 0.5) is 4.79 Å². The molecule has 0 spiro atoms. The first kappa shape index (κ1) is 26.7. The van der Waals surface area contributed by atoms with Gasteiger partial charge in [-0.1, -0.05) is 92.7 Å². The van der Waals surface area contributed by atoms with Crippen LogP contribution in [0.3, 0.4) is 0 Å². The molecule has 0 bridgehead atoms. The van der Waals surface area contributed by atoms with Crippen LogP contribution in [0, 0.1) is 5.92 Å². The smallest absolute Gasteiger partial charge is 0.408 e. The molecule has 1 aliphatic rings. The Bertz CT molecular complexity index is 1530. The van der Waals surface area contributed by atoms with Crippen molar-refractivity contribution in [3.8, 4) is 0 Å². The molecule has 4 aromatic rings. The Morgan fingerprint density at radius 3 is 2.38 bits per heavy atom. The first-order valence-corrected chi connectivity index (χ1v) is 13.2. The number of H-pyrrole nitrogens is 1. The zero-order valence-corrected chi connectivity index (χ0v) is 22.3. The molecule has 9 nitrogen and oxygen atoms in total. The Kier molecular flexibility index (Phi) is 7.91. The number of benzene rings is 3. The zero-order chi connectivity index (χ0) is 28.1. The van der Waals surface area contributed by atoms with E-state index in [0.717, 1.165) is 16.5 Å². The van der Waals surface area contributed by atoms with E-state index in [-0.39, 0.29) is 18.4 Å². The molecule has 0 saturated heterocycles. The fourth-order valence-electron chi connectivity index (χ4n) is 4.74. The molecule has 9 heteroatoms. The summed E-state index contributed by atoms with van der Waals surface area (Å²) in [5, 5.41) is 12.2. The Morgan fingerprint density at radius 2 is 1.65 bits per heavy atom. The average molecular weight is 538 g/mol. The molecule has 0 aliphatic carbocycles. The lowest BCUT2D eigenvalue weighted by atomic mass is 9.99. The van der Waals surface area contributed by atoms with Gasteiger partial charge in [0.25, 0.3) is 11.8 Å². The molecule has 0 radical (unpaired) electrons. The van der Waals surface area contributed by atoms with Gasteiger partial charge in [0.1, 0.15) is 12.6 Å². The molecule has 1 aromatic heterocycles. The van der Waals surface area contributed by atoms with Gasteiger partial charge in [-0.05, 0) is 24.0 Å². The monoisotopic (exact) mass is 537 g/mol. The van der Waals surface area contributed by atoms with E-state index < -0.39 is 30.0 Å². The molecule has 5 rings (SSSR count). The summed E-state index contributed by atoms with van der Waals surface area (Å²) in [4.78, 5) is 43.8. The maximum absolute atomic E-state index is 14.2. The standard InChI is InChI=1S/C31H31N5O4/c1-20(2)17-26(33-31(39)40-19-21-11-5-3-6-12-21)30(38)36-27(24-18-32-25-16-10-9-15-23(24)25)29(37)34-28(35-36)22-13-7-4-8-14-22/h3-16,18,20,26-27,32H,17,19H2,1-2H3,(H,33,39)(H,34,35,37)/t26-,27-/m0/s1. The predicted octanol–water partition coefficient (Wildman–Crippen LogP) is 4.87. The summed E-state index contributed by atoms with van der Waals surface area (Å²) in [6.45, 7) is 3.97. The predicted molar refractivity (Wildman–Crippen MR) is 152 cm³/mol.